The third-order valence-electron chi connectivity index (χ3n) is 2.00. The molecule has 0 fully saturated rings. The largest absolute Gasteiger partial charge is 0.472 e. The van der Waals surface area contributed by atoms with Gasteiger partial charge in [-0.1, -0.05) is 11.6 Å². The van der Waals surface area contributed by atoms with Gasteiger partial charge >= 0.3 is 6.09 Å². The lowest BCUT2D eigenvalue weighted by Crippen LogP contribution is -2.27. The second-order valence-electron chi connectivity index (χ2n) is 4.89. The van der Waals surface area contributed by atoms with E-state index in [0.29, 0.717) is 5.15 Å². The summed E-state index contributed by atoms with van der Waals surface area (Å²) in [6.07, 6.45) is 4.19. The Labute approximate surface area is 122 Å². The summed E-state index contributed by atoms with van der Waals surface area (Å²) >= 11 is 5.86. The minimum absolute atomic E-state index is 0.453. The zero-order chi connectivity index (χ0) is 15.2. The third-order valence-corrected chi connectivity index (χ3v) is 2.30. The van der Waals surface area contributed by atoms with Crippen LogP contribution >= 0.6 is 11.6 Å². The molecule has 0 aromatic carbocycles. The molecule has 2 heterocycles. The summed E-state index contributed by atoms with van der Waals surface area (Å²) in [5.74, 6) is 0. The molecule has 2 aromatic heterocycles. The number of aromatic nitrogens is 1. The molecule has 1 amide bonds. The molecule has 5 nitrogen and oxygen atoms in total. The van der Waals surface area contributed by atoms with Gasteiger partial charge in [0.25, 0.3) is 0 Å². The van der Waals surface area contributed by atoms with E-state index in [4.69, 9.17) is 21.8 Å². The van der Waals surface area contributed by atoms with Gasteiger partial charge in [0.1, 0.15) is 10.8 Å². The molecular weight excluding hydrogens is 280 g/mol. The summed E-state index contributed by atoms with van der Waals surface area (Å²) in [5, 5.41) is 0.499. The number of nitrogens with two attached hydrogens (primary N) is 1. The van der Waals surface area contributed by atoms with Gasteiger partial charge in [0.2, 0.25) is 0 Å². The van der Waals surface area contributed by atoms with Crippen molar-refractivity contribution >= 4 is 17.7 Å². The summed E-state index contributed by atoms with van der Waals surface area (Å²) in [6.45, 7) is 5.28. The molecule has 0 radical (unpaired) electrons. The summed E-state index contributed by atoms with van der Waals surface area (Å²) in [4.78, 5) is 14.0. The highest BCUT2D eigenvalue weighted by Gasteiger charge is 2.12. The van der Waals surface area contributed by atoms with Crippen LogP contribution in [0.1, 0.15) is 20.8 Å². The first-order valence-corrected chi connectivity index (χ1v) is 6.29. The highest BCUT2D eigenvalue weighted by Crippen LogP contribution is 2.25. The molecule has 2 N–H and O–H groups in total. The van der Waals surface area contributed by atoms with Gasteiger partial charge in [-0.15, -0.1) is 0 Å². The second kappa shape index (κ2) is 6.96. The first kappa shape index (κ1) is 16.0. The molecule has 0 saturated carbocycles. The number of amides is 1. The van der Waals surface area contributed by atoms with Crippen LogP contribution in [0.5, 0.6) is 0 Å². The predicted octanol–water partition coefficient (Wildman–Crippen LogP) is 3.88. The SMILES string of the molecule is CC(C)(C)OC(N)=O.Clc1ncccc1-c1ccoc1. The lowest BCUT2D eigenvalue weighted by Gasteiger charge is -2.16. The molecule has 2 aromatic rings. The Morgan fingerprint density at radius 3 is 2.50 bits per heavy atom. The standard InChI is InChI=1S/C9H6ClNO.C5H11NO2/c10-9-8(2-1-4-11-9)7-3-5-12-6-7;1-5(2,3)8-4(6)7/h1-6H;1-3H3,(H2,6,7). The maximum Gasteiger partial charge on any atom is 0.405 e. The quantitative estimate of drug-likeness (QED) is 0.810. The summed E-state index contributed by atoms with van der Waals surface area (Å²) in [5.41, 5.74) is 6.11. The van der Waals surface area contributed by atoms with Gasteiger partial charge in [-0.3, -0.25) is 0 Å². The van der Waals surface area contributed by atoms with Gasteiger partial charge in [-0.2, -0.15) is 0 Å². The number of hydrogen-bond acceptors (Lipinski definition) is 4. The van der Waals surface area contributed by atoms with Crippen LogP contribution in [0.3, 0.4) is 0 Å². The fraction of sp³-hybridized carbons (Fsp3) is 0.286. The smallest absolute Gasteiger partial charge is 0.405 e. The van der Waals surface area contributed by atoms with Crippen molar-refractivity contribution in [1.82, 2.24) is 4.98 Å². The number of furan rings is 1. The third kappa shape index (κ3) is 5.75. The Kier molecular flexibility index (Phi) is 5.58. The Bertz CT molecular complexity index is 548. The average Bonchev–Trinajstić information content (AvgIpc) is 2.80. The molecule has 0 aliphatic heterocycles. The van der Waals surface area contributed by atoms with Crippen molar-refractivity contribution in [3.8, 4) is 11.1 Å². The van der Waals surface area contributed by atoms with Crippen LogP contribution in [0.4, 0.5) is 4.79 Å². The summed E-state index contributed by atoms with van der Waals surface area (Å²) < 4.78 is 9.51. The van der Waals surface area contributed by atoms with Crippen LogP contribution < -0.4 is 5.73 Å². The monoisotopic (exact) mass is 296 g/mol. The Hall–Kier alpha value is -2.01. The number of nitrogens with zero attached hydrogens (tertiary/aromatic N) is 1. The molecule has 0 aliphatic rings. The molecule has 0 bridgehead atoms. The van der Waals surface area contributed by atoms with Crippen molar-refractivity contribution in [3.05, 3.63) is 42.1 Å². The molecule has 2 rings (SSSR count). The van der Waals surface area contributed by atoms with Gasteiger partial charge in [0.15, 0.2) is 0 Å². The maximum atomic E-state index is 10.0. The number of hydrogen-bond donors (Lipinski definition) is 1. The van der Waals surface area contributed by atoms with E-state index in [1.807, 2.05) is 18.2 Å². The molecule has 0 aliphatic carbocycles. The Morgan fingerprint density at radius 1 is 1.40 bits per heavy atom. The van der Waals surface area contributed by atoms with Crippen LogP contribution in [0.15, 0.2) is 41.3 Å². The number of carbonyl (C=O) groups excluding carboxylic acids is 1. The lowest BCUT2D eigenvalue weighted by atomic mass is 10.2. The zero-order valence-corrected chi connectivity index (χ0v) is 12.3. The van der Waals surface area contributed by atoms with Gasteiger partial charge in [0.05, 0.1) is 12.5 Å². The van der Waals surface area contributed by atoms with Crippen molar-refractivity contribution in [1.29, 1.82) is 0 Å². The maximum absolute atomic E-state index is 10.0. The van der Waals surface area contributed by atoms with E-state index >= 15 is 0 Å². The van der Waals surface area contributed by atoms with Crippen LogP contribution in [0.2, 0.25) is 5.15 Å². The predicted molar refractivity (Wildman–Crippen MR) is 77.4 cm³/mol. The molecule has 108 valence electrons. The molecular formula is C14H17ClN2O3. The average molecular weight is 297 g/mol. The van der Waals surface area contributed by atoms with E-state index in [9.17, 15) is 4.79 Å². The van der Waals surface area contributed by atoms with Gasteiger partial charge in [-0.05, 0) is 39.0 Å². The van der Waals surface area contributed by atoms with Crippen LogP contribution in [0.25, 0.3) is 11.1 Å². The number of primary amides is 1. The molecule has 6 heteroatoms. The van der Waals surface area contributed by atoms with Crippen LogP contribution in [0, 0.1) is 0 Å². The minimum Gasteiger partial charge on any atom is -0.472 e. The lowest BCUT2D eigenvalue weighted by molar-refractivity contribution is 0.0600. The van der Waals surface area contributed by atoms with Crippen molar-refractivity contribution in [2.45, 2.75) is 26.4 Å². The molecule has 0 spiro atoms. The van der Waals surface area contributed by atoms with Crippen molar-refractivity contribution in [2.24, 2.45) is 5.73 Å². The van der Waals surface area contributed by atoms with Crippen molar-refractivity contribution in [3.63, 3.8) is 0 Å². The highest BCUT2D eigenvalue weighted by atomic mass is 35.5. The number of rotatable bonds is 1. The van der Waals surface area contributed by atoms with Crippen molar-refractivity contribution < 1.29 is 13.9 Å². The second-order valence-corrected chi connectivity index (χ2v) is 5.25. The number of halogens is 1. The fourth-order valence-electron chi connectivity index (χ4n) is 1.32. The van der Waals surface area contributed by atoms with E-state index in [1.165, 1.54) is 0 Å². The van der Waals surface area contributed by atoms with Crippen LogP contribution in [-0.4, -0.2) is 16.7 Å². The first-order valence-electron chi connectivity index (χ1n) is 5.91. The van der Waals surface area contributed by atoms with Gasteiger partial charge in [0, 0.05) is 17.3 Å². The zero-order valence-electron chi connectivity index (χ0n) is 11.6. The molecule has 20 heavy (non-hydrogen) atoms. The summed E-state index contributed by atoms with van der Waals surface area (Å²) in [6, 6.07) is 5.59. The van der Waals surface area contributed by atoms with E-state index in [1.54, 1.807) is 39.5 Å². The van der Waals surface area contributed by atoms with Crippen molar-refractivity contribution in [2.75, 3.05) is 0 Å². The number of pyridine rings is 1. The van der Waals surface area contributed by atoms with E-state index in [0.717, 1.165) is 11.1 Å². The fourth-order valence-corrected chi connectivity index (χ4v) is 1.55. The Balaban J connectivity index is 0.000000221. The number of ether oxygens (including phenoxy) is 1. The van der Waals surface area contributed by atoms with E-state index < -0.39 is 11.7 Å². The molecule has 0 unspecified atom stereocenters. The normalized spacial score (nSPS) is 10.4. The summed E-state index contributed by atoms with van der Waals surface area (Å²) in [7, 11) is 0. The topological polar surface area (TPSA) is 78.4 Å². The molecule has 0 saturated heterocycles. The highest BCUT2D eigenvalue weighted by molar-refractivity contribution is 6.32. The van der Waals surface area contributed by atoms with E-state index in [-0.39, 0.29) is 0 Å². The minimum atomic E-state index is -0.725. The first-order chi connectivity index (χ1) is 9.29. The molecule has 0 atom stereocenters. The van der Waals surface area contributed by atoms with Crippen LogP contribution in [-0.2, 0) is 4.74 Å². The number of carbonyl (C=O) groups is 1. The Morgan fingerprint density at radius 2 is 2.10 bits per heavy atom. The van der Waals surface area contributed by atoms with Gasteiger partial charge < -0.3 is 14.9 Å². The van der Waals surface area contributed by atoms with E-state index in [2.05, 4.69) is 9.72 Å². The van der Waals surface area contributed by atoms with Gasteiger partial charge in [-0.25, -0.2) is 9.78 Å².